The largest absolute Gasteiger partial charge is 0.487 e. The molecule has 0 bridgehead atoms. The van der Waals surface area contributed by atoms with Gasteiger partial charge in [-0.2, -0.15) is 0 Å². The fourth-order valence-electron chi connectivity index (χ4n) is 2.31. The number of fused-ring (bicyclic) bond motifs is 1. The van der Waals surface area contributed by atoms with Gasteiger partial charge in [-0.3, -0.25) is 4.98 Å². The standard InChI is InChI=1S/C17H15BrN2O/c18-13-6-7-14(20-10-13)11-21-17-8-5-12-3-1-2-4-15(12)16(17)9-19/h1-8,10H,9,11,19H2. The van der Waals surface area contributed by atoms with E-state index in [0.717, 1.165) is 26.9 Å². The molecular formula is C17H15BrN2O. The van der Waals surface area contributed by atoms with Crippen LogP contribution in [0.4, 0.5) is 0 Å². The molecule has 0 aliphatic heterocycles. The Labute approximate surface area is 131 Å². The molecular weight excluding hydrogens is 328 g/mol. The fourth-order valence-corrected chi connectivity index (χ4v) is 2.54. The number of nitrogens with two attached hydrogens (primary N) is 1. The van der Waals surface area contributed by atoms with Gasteiger partial charge < -0.3 is 10.5 Å². The van der Waals surface area contributed by atoms with Crippen molar-refractivity contribution in [1.82, 2.24) is 4.98 Å². The molecule has 106 valence electrons. The highest BCUT2D eigenvalue weighted by molar-refractivity contribution is 9.10. The van der Waals surface area contributed by atoms with Gasteiger partial charge in [-0.1, -0.05) is 30.3 Å². The van der Waals surface area contributed by atoms with Crippen LogP contribution in [0, 0.1) is 0 Å². The molecule has 0 saturated carbocycles. The molecule has 0 aliphatic carbocycles. The van der Waals surface area contributed by atoms with Crippen molar-refractivity contribution in [2.45, 2.75) is 13.2 Å². The van der Waals surface area contributed by atoms with Crippen LogP contribution in [0.1, 0.15) is 11.3 Å². The van der Waals surface area contributed by atoms with E-state index in [2.05, 4.69) is 39.1 Å². The van der Waals surface area contributed by atoms with Crippen LogP contribution in [-0.4, -0.2) is 4.98 Å². The third-order valence-electron chi connectivity index (χ3n) is 3.37. The number of hydrogen-bond donors (Lipinski definition) is 1. The van der Waals surface area contributed by atoms with Crippen molar-refractivity contribution in [3.63, 3.8) is 0 Å². The minimum atomic E-state index is 0.429. The number of ether oxygens (including phenoxy) is 1. The fraction of sp³-hybridized carbons (Fsp3) is 0.118. The van der Waals surface area contributed by atoms with Gasteiger partial charge in [0.05, 0.1) is 5.69 Å². The summed E-state index contributed by atoms with van der Waals surface area (Å²) in [5, 5.41) is 2.31. The minimum absolute atomic E-state index is 0.429. The van der Waals surface area contributed by atoms with Crippen LogP contribution in [-0.2, 0) is 13.2 Å². The number of halogens is 1. The molecule has 0 spiro atoms. The van der Waals surface area contributed by atoms with Crippen molar-refractivity contribution in [1.29, 1.82) is 0 Å². The smallest absolute Gasteiger partial charge is 0.130 e. The van der Waals surface area contributed by atoms with E-state index in [0.29, 0.717) is 13.2 Å². The molecule has 3 rings (SSSR count). The lowest BCUT2D eigenvalue weighted by atomic mass is 10.0. The Morgan fingerprint density at radius 1 is 1.05 bits per heavy atom. The van der Waals surface area contributed by atoms with Crippen LogP contribution in [0.3, 0.4) is 0 Å². The molecule has 0 fully saturated rings. The zero-order chi connectivity index (χ0) is 14.7. The maximum Gasteiger partial charge on any atom is 0.130 e. The number of aromatic nitrogens is 1. The quantitative estimate of drug-likeness (QED) is 0.778. The van der Waals surface area contributed by atoms with Crippen molar-refractivity contribution in [2.75, 3.05) is 0 Å². The van der Waals surface area contributed by atoms with E-state index in [-0.39, 0.29) is 0 Å². The van der Waals surface area contributed by atoms with E-state index in [1.54, 1.807) is 6.20 Å². The maximum absolute atomic E-state index is 5.90. The number of hydrogen-bond acceptors (Lipinski definition) is 3. The second-order valence-corrected chi connectivity index (χ2v) is 5.64. The number of pyridine rings is 1. The lowest BCUT2D eigenvalue weighted by Crippen LogP contribution is -2.04. The second-order valence-electron chi connectivity index (χ2n) is 4.72. The van der Waals surface area contributed by atoms with Crippen molar-refractivity contribution >= 4 is 26.7 Å². The molecule has 0 saturated heterocycles. The summed E-state index contributed by atoms with van der Waals surface area (Å²) in [6.45, 7) is 0.878. The van der Waals surface area contributed by atoms with E-state index in [1.807, 2.05) is 30.3 Å². The molecule has 0 radical (unpaired) electrons. The normalized spacial score (nSPS) is 10.8. The zero-order valence-electron chi connectivity index (χ0n) is 11.4. The van der Waals surface area contributed by atoms with Crippen LogP contribution in [0.25, 0.3) is 10.8 Å². The maximum atomic E-state index is 5.90. The van der Waals surface area contributed by atoms with Crippen LogP contribution in [0.15, 0.2) is 59.2 Å². The number of rotatable bonds is 4. The van der Waals surface area contributed by atoms with Crippen LogP contribution in [0.5, 0.6) is 5.75 Å². The highest BCUT2D eigenvalue weighted by atomic mass is 79.9. The first-order valence-electron chi connectivity index (χ1n) is 6.72. The summed E-state index contributed by atoms with van der Waals surface area (Å²) in [6, 6.07) is 16.1. The lowest BCUT2D eigenvalue weighted by Gasteiger charge is -2.13. The van der Waals surface area contributed by atoms with Crippen molar-refractivity contribution in [3.05, 3.63) is 70.5 Å². The molecule has 1 aromatic heterocycles. The topological polar surface area (TPSA) is 48.1 Å². The Morgan fingerprint density at radius 3 is 2.67 bits per heavy atom. The van der Waals surface area contributed by atoms with Gasteiger partial charge in [-0.15, -0.1) is 0 Å². The minimum Gasteiger partial charge on any atom is -0.487 e. The third kappa shape index (κ3) is 3.06. The number of benzene rings is 2. The molecule has 1 heterocycles. The summed E-state index contributed by atoms with van der Waals surface area (Å²) in [4.78, 5) is 4.31. The van der Waals surface area contributed by atoms with E-state index >= 15 is 0 Å². The van der Waals surface area contributed by atoms with Gasteiger partial charge >= 0.3 is 0 Å². The average molecular weight is 343 g/mol. The summed E-state index contributed by atoms with van der Waals surface area (Å²) in [5.41, 5.74) is 7.82. The van der Waals surface area contributed by atoms with Crippen LogP contribution >= 0.6 is 15.9 Å². The molecule has 4 heteroatoms. The highest BCUT2D eigenvalue weighted by Gasteiger charge is 2.07. The second kappa shape index (κ2) is 6.24. The Bertz CT molecular complexity index is 756. The average Bonchev–Trinajstić information content (AvgIpc) is 2.53. The Morgan fingerprint density at radius 2 is 1.90 bits per heavy atom. The predicted octanol–water partition coefficient (Wildman–Crippen LogP) is 4.04. The molecule has 0 aliphatic rings. The molecule has 0 amide bonds. The van der Waals surface area contributed by atoms with Crippen molar-refractivity contribution in [2.24, 2.45) is 5.73 Å². The summed E-state index contributed by atoms with van der Waals surface area (Å²) < 4.78 is 6.86. The van der Waals surface area contributed by atoms with E-state index in [4.69, 9.17) is 10.5 Å². The summed E-state index contributed by atoms with van der Waals surface area (Å²) >= 11 is 3.37. The van der Waals surface area contributed by atoms with Gasteiger partial charge in [0.15, 0.2) is 0 Å². The third-order valence-corrected chi connectivity index (χ3v) is 3.84. The molecule has 3 aromatic rings. The summed E-state index contributed by atoms with van der Waals surface area (Å²) in [5.74, 6) is 0.820. The molecule has 2 aromatic carbocycles. The number of nitrogens with zero attached hydrogens (tertiary/aromatic N) is 1. The zero-order valence-corrected chi connectivity index (χ0v) is 13.0. The van der Waals surface area contributed by atoms with E-state index < -0.39 is 0 Å². The highest BCUT2D eigenvalue weighted by Crippen LogP contribution is 2.28. The van der Waals surface area contributed by atoms with Gasteiger partial charge in [-0.05, 0) is 44.9 Å². The van der Waals surface area contributed by atoms with Gasteiger partial charge in [0.25, 0.3) is 0 Å². The summed E-state index contributed by atoms with van der Waals surface area (Å²) in [6.07, 6.45) is 1.77. The molecule has 2 N–H and O–H groups in total. The van der Waals surface area contributed by atoms with E-state index in [1.165, 1.54) is 5.39 Å². The SMILES string of the molecule is NCc1c(OCc2ccc(Br)cn2)ccc2ccccc12. The van der Waals surface area contributed by atoms with Crippen LogP contribution < -0.4 is 10.5 Å². The Kier molecular flexibility index (Phi) is 4.18. The molecule has 0 unspecified atom stereocenters. The van der Waals surface area contributed by atoms with Crippen molar-refractivity contribution in [3.8, 4) is 5.75 Å². The molecule has 3 nitrogen and oxygen atoms in total. The monoisotopic (exact) mass is 342 g/mol. The first-order valence-corrected chi connectivity index (χ1v) is 7.51. The first kappa shape index (κ1) is 14.0. The molecule has 0 atom stereocenters. The summed E-state index contributed by atoms with van der Waals surface area (Å²) in [7, 11) is 0. The van der Waals surface area contributed by atoms with Gasteiger partial charge in [0, 0.05) is 22.8 Å². The van der Waals surface area contributed by atoms with Gasteiger partial charge in [0.1, 0.15) is 12.4 Å². The van der Waals surface area contributed by atoms with E-state index in [9.17, 15) is 0 Å². The predicted molar refractivity (Wildman–Crippen MR) is 88.1 cm³/mol. The Balaban J connectivity index is 1.88. The first-order chi connectivity index (χ1) is 10.3. The van der Waals surface area contributed by atoms with Crippen LogP contribution in [0.2, 0.25) is 0 Å². The lowest BCUT2D eigenvalue weighted by molar-refractivity contribution is 0.299. The van der Waals surface area contributed by atoms with Gasteiger partial charge in [0.2, 0.25) is 0 Å². The van der Waals surface area contributed by atoms with Gasteiger partial charge in [-0.25, -0.2) is 0 Å². The Hall–Kier alpha value is -1.91. The molecule has 21 heavy (non-hydrogen) atoms. The van der Waals surface area contributed by atoms with Crippen molar-refractivity contribution < 1.29 is 4.74 Å².